The second kappa shape index (κ2) is 7.62. The fourth-order valence-electron chi connectivity index (χ4n) is 4.19. The SMILES string of the molecule is CCc1ccc(C2CCc3c(ccc(-c4cccc(F)c4F)c3F)C2)c(F)c1F. The van der Waals surface area contributed by atoms with Crippen LogP contribution >= 0.6 is 0 Å². The van der Waals surface area contributed by atoms with Gasteiger partial charge in [0.2, 0.25) is 0 Å². The Balaban J connectivity index is 1.69. The number of fused-ring (bicyclic) bond motifs is 1. The third-order valence-electron chi connectivity index (χ3n) is 5.80. The van der Waals surface area contributed by atoms with E-state index in [-0.39, 0.29) is 17.0 Å². The van der Waals surface area contributed by atoms with E-state index in [1.807, 2.05) is 0 Å². The van der Waals surface area contributed by atoms with Crippen molar-refractivity contribution in [2.45, 2.75) is 38.5 Å². The van der Waals surface area contributed by atoms with Crippen LogP contribution in [0.4, 0.5) is 22.0 Å². The summed E-state index contributed by atoms with van der Waals surface area (Å²) in [7, 11) is 0. The second-order valence-electron chi connectivity index (χ2n) is 7.40. The molecule has 5 heteroatoms. The molecule has 0 bridgehead atoms. The van der Waals surface area contributed by atoms with Crippen molar-refractivity contribution in [3.05, 3.63) is 93.8 Å². The summed E-state index contributed by atoms with van der Waals surface area (Å²) in [6.07, 6.45) is 1.52. The van der Waals surface area contributed by atoms with Crippen LogP contribution in [-0.2, 0) is 19.3 Å². The number of hydrogen-bond acceptors (Lipinski definition) is 0. The quantitative estimate of drug-likeness (QED) is 0.419. The van der Waals surface area contributed by atoms with Crippen molar-refractivity contribution in [3.63, 3.8) is 0 Å². The lowest BCUT2D eigenvalue weighted by molar-refractivity contribution is 0.465. The Morgan fingerprint density at radius 3 is 2.31 bits per heavy atom. The Bertz CT molecular complexity index is 1090. The fourth-order valence-corrected chi connectivity index (χ4v) is 4.19. The third kappa shape index (κ3) is 3.33. The van der Waals surface area contributed by atoms with Gasteiger partial charge in [0.15, 0.2) is 23.3 Å². The maximum atomic E-state index is 15.1. The van der Waals surface area contributed by atoms with Crippen molar-refractivity contribution in [2.75, 3.05) is 0 Å². The summed E-state index contributed by atoms with van der Waals surface area (Å²) in [5.41, 5.74) is 1.60. The van der Waals surface area contributed by atoms with Crippen molar-refractivity contribution >= 4 is 0 Å². The lowest BCUT2D eigenvalue weighted by Crippen LogP contribution is -2.16. The molecule has 0 amide bonds. The van der Waals surface area contributed by atoms with E-state index in [0.29, 0.717) is 47.9 Å². The van der Waals surface area contributed by atoms with Crippen LogP contribution in [0.5, 0.6) is 0 Å². The maximum absolute atomic E-state index is 15.1. The molecule has 0 heterocycles. The van der Waals surface area contributed by atoms with Crippen LogP contribution in [0.3, 0.4) is 0 Å². The molecule has 0 spiro atoms. The number of aryl methyl sites for hydroxylation is 1. The summed E-state index contributed by atoms with van der Waals surface area (Å²) in [4.78, 5) is 0. The van der Waals surface area contributed by atoms with Gasteiger partial charge in [0.25, 0.3) is 0 Å². The van der Waals surface area contributed by atoms with Gasteiger partial charge in [-0.3, -0.25) is 0 Å². The predicted molar refractivity (Wildman–Crippen MR) is 102 cm³/mol. The third-order valence-corrected chi connectivity index (χ3v) is 5.80. The number of benzene rings is 3. The van der Waals surface area contributed by atoms with Crippen LogP contribution in [0, 0.1) is 29.1 Å². The van der Waals surface area contributed by atoms with Crippen molar-refractivity contribution in [1.82, 2.24) is 0 Å². The van der Waals surface area contributed by atoms with Gasteiger partial charge in [-0.15, -0.1) is 0 Å². The van der Waals surface area contributed by atoms with E-state index in [1.165, 1.54) is 18.2 Å². The van der Waals surface area contributed by atoms with Crippen molar-refractivity contribution < 1.29 is 22.0 Å². The molecule has 0 fully saturated rings. The highest BCUT2D eigenvalue weighted by atomic mass is 19.2. The van der Waals surface area contributed by atoms with E-state index in [2.05, 4.69) is 0 Å². The minimum absolute atomic E-state index is 0.00345. The largest absolute Gasteiger partial charge is 0.206 e. The summed E-state index contributed by atoms with van der Waals surface area (Å²) in [6, 6.07) is 9.95. The lowest BCUT2D eigenvalue weighted by Gasteiger charge is -2.27. The van der Waals surface area contributed by atoms with Gasteiger partial charge < -0.3 is 0 Å². The van der Waals surface area contributed by atoms with Crippen LogP contribution in [0.1, 0.15) is 41.5 Å². The molecule has 0 N–H and O–H groups in total. The zero-order valence-corrected chi connectivity index (χ0v) is 15.8. The van der Waals surface area contributed by atoms with E-state index >= 15 is 4.39 Å². The second-order valence-corrected chi connectivity index (χ2v) is 7.40. The van der Waals surface area contributed by atoms with E-state index in [4.69, 9.17) is 0 Å². The Labute approximate surface area is 166 Å². The molecule has 0 saturated heterocycles. The molecular weight excluding hydrogens is 383 g/mol. The highest BCUT2D eigenvalue weighted by Gasteiger charge is 2.28. The average molecular weight is 402 g/mol. The first-order valence-corrected chi connectivity index (χ1v) is 9.63. The Morgan fingerprint density at radius 1 is 0.793 bits per heavy atom. The molecule has 1 aliphatic rings. The van der Waals surface area contributed by atoms with Crippen molar-refractivity contribution in [1.29, 1.82) is 0 Å². The summed E-state index contributed by atoms with van der Waals surface area (Å²) < 4.78 is 71.5. The van der Waals surface area contributed by atoms with Gasteiger partial charge in [0.1, 0.15) is 5.82 Å². The van der Waals surface area contributed by atoms with E-state index in [0.717, 1.165) is 6.07 Å². The van der Waals surface area contributed by atoms with Gasteiger partial charge in [0.05, 0.1) is 0 Å². The van der Waals surface area contributed by atoms with Crippen LogP contribution in [0.15, 0.2) is 42.5 Å². The molecule has 3 aromatic carbocycles. The standard InChI is InChI=1S/C24H19F5/c1-2-13-6-9-17(24(29)21(13)26)15-7-10-16-14(12-15)8-11-19(22(16)27)18-4-3-5-20(25)23(18)28/h3-6,8-9,11,15H,2,7,10,12H2,1H3. The minimum Gasteiger partial charge on any atom is -0.206 e. The molecule has 1 unspecified atom stereocenters. The molecule has 0 aliphatic heterocycles. The average Bonchev–Trinajstić information content (AvgIpc) is 2.72. The normalized spacial score (nSPS) is 16.0. The summed E-state index contributed by atoms with van der Waals surface area (Å²) in [5.74, 6) is -4.63. The Hall–Kier alpha value is -2.69. The number of hydrogen-bond donors (Lipinski definition) is 0. The molecule has 0 radical (unpaired) electrons. The summed E-state index contributed by atoms with van der Waals surface area (Å²) in [6.45, 7) is 1.76. The number of rotatable bonds is 3. The van der Waals surface area contributed by atoms with E-state index < -0.39 is 29.1 Å². The molecular formula is C24H19F5. The summed E-state index contributed by atoms with van der Waals surface area (Å²) >= 11 is 0. The first-order valence-electron chi connectivity index (χ1n) is 9.63. The Morgan fingerprint density at radius 2 is 1.55 bits per heavy atom. The van der Waals surface area contributed by atoms with Gasteiger partial charge in [-0.25, -0.2) is 22.0 Å². The van der Waals surface area contributed by atoms with Gasteiger partial charge in [-0.05, 0) is 59.9 Å². The maximum Gasteiger partial charge on any atom is 0.166 e. The topological polar surface area (TPSA) is 0 Å². The molecule has 0 saturated carbocycles. The van der Waals surface area contributed by atoms with Crippen molar-refractivity contribution in [3.8, 4) is 11.1 Å². The highest BCUT2D eigenvalue weighted by molar-refractivity contribution is 5.67. The molecule has 0 nitrogen and oxygen atoms in total. The zero-order valence-electron chi connectivity index (χ0n) is 15.8. The van der Waals surface area contributed by atoms with Crippen LogP contribution < -0.4 is 0 Å². The molecule has 29 heavy (non-hydrogen) atoms. The molecule has 0 aromatic heterocycles. The smallest absolute Gasteiger partial charge is 0.166 e. The first kappa shape index (κ1) is 19.6. The molecule has 4 rings (SSSR count). The monoisotopic (exact) mass is 402 g/mol. The molecule has 150 valence electrons. The molecule has 3 aromatic rings. The molecule has 1 atom stereocenters. The van der Waals surface area contributed by atoms with Gasteiger partial charge in [-0.1, -0.05) is 43.3 Å². The van der Waals surface area contributed by atoms with Crippen molar-refractivity contribution in [2.24, 2.45) is 0 Å². The first-order chi connectivity index (χ1) is 13.9. The summed E-state index contributed by atoms with van der Waals surface area (Å²) in [5, 5.41) is 0. The minimum atomic E-state index is -1.09. The fraction of sp³-hybridized carbons (Fsp3) is 0.250. The van der Waals surface area contributed by atoms with Crippen LogP contribution in [0.2, 0.25) is 0 Å². The van der Waals surface area contributed by atoms with Gasteiger partial charge in [-0.2, -0.15) is 0 Å². The van der Waals surface area contributed by atoms with Gasteiger partial charge in [0, 0.05) is 11.1 Å². The number of halogens is 5. The highest BCUT2D eigenvalue weighted by Crippen LogP contribution is 2.39. The molecule has 1 aliphatic carbocycles. The van der Waals surface area contributed by atoms with Crippen LogP contribution in [-0.4, -0.2) is 0 Å². The van der Waals surface area contributed by atoms with Gasteiger partial charge >= 0.3 is 0 Å². The van der Waals surface area contributed by atoms with Crippen LogP contribution in [0.25, 0.3) is 11.1 Å². The predicted octanol–water partition coefficient (Wildman–Crippen LogP) is 6.88. The van der Waals surface area contributed by atoms with E-state index in [9.17, 15) is 17.6 Å². The Kier molecular flexibility index (Phi) is 5.15. The zero-order chi connectivity index (χ0) is 20.7. The lowest BCUT2D eigenvalue weighted by atomic mass is 9.78. The van der Waals surface area contributed by atoms with E-state index in [1.54, 1.807) is 25.1 Å².